The number of hydrogen-bond donors (Lipinski definition) is 1. The van der Waals surface area contributed by atoms with E-state index in [1.54, 1.807) is 11.3 Å². The number of thiophene rings is 1. The zero-order valence-corrected chi connectivity index (χ0v) is 12.8. The van der Waals surface area contributed by atoms with Crippen molar-refractivity contribution >= 4 is 22.2 Å². The summed E-state index contributed by atoms with van der Waals surface area (Å²) in [6.45, 7) is 4.08. The van der Waals surface area contributed by atoms with Gasteiger partial charge in [0.2, 0.25) is 5.91 Å². The van der Waals surface area contributed by atoms with Crippen molar-refractivity contribution in [2.45, 2.75) is 46.0 Å². The van der Waals surface area contributed by atoms with Crippen molar-refractivity contribution in [1.29, 1.82) is 5.26 Å². The second-order valence-electron chi connectivity index (χ2n) is 6.08. The molecule has 2 aliphatic carbocycles. The van der Waals surface area contributed by atoms with Gasteiger partial charge in [-0.2, -0.15) is 5.26 Å². The third kappa shape index (κ3) is 2.14. The van der Waals surface area contributed by atoms with Crippen molar-refractivity contribution in [3.05, 3.63) is 16.0 Å². The third-order valence-electron chi connectivity index (χ3n) is 4.99. The van der Waals surface area contributed by atoms with Crippen LogP contribution in [0.5, 0.6) is 0 Å². The molecule has 0 saturated heterocycles. The molecule has 1 amide bonds. The first-order valence-electron chi connectivity index (χ1n) is 7.47. The van der Waals surface area contributed by atoms with Crippen molar-refractivity contribution in [2.75, 3.05) is 5.32 Å². The average molecular weight is 288 g/mol. The lowest BCUT2D eigenvalue weighted by molar-refractivity contribution is -0.121. The van der Waals surface area contributed by atoms with Crippen molar-refractivity contribution in [1.82, 2.24) is 0 Å². The summed E-state index contributed by atoms with van der Waals surface area (Å²) in [5, 5.41) is 13.1. The second kappa shape index (κ2) is 5.21. The fourth-order valence-electron chi connectivity index (χ4n) is 3.98. The average Bonchev–Trinajstić information content (AvgIpc) is 3.12. The van der Waals surface area contributed by atoms with Crippen LogP contribution in [0.15, 0.2) is 0 Å². The van der Waals surface area contributed by atoms with Gasteiger partial charge in [-0.1, -0.05) is 13.3 Å². The summed E-state index contributed by atoms with van der Waals surface area (Å²) in [5.41, 5.74) is 1.76. The molecule has 1 N–H and O–H groups in total. The highest BCUT2D eigenvalue weighted by molar-refractivity contribution is 7.16. The Balaban J connectivity index is 1.78. The highest BCUT2D eigenvalue weighted by atomic mass is 32.1. The normalized spacial score (nSPS) is 27.6. The molecule has 2 saturated carbocycles. The predicted octanol–water partition coefficient (Wildman–Crippen LogP) is 3.87. The van der Waals surface area contributed by atoms with Crippen molar-refractivity contribution in [2.24, 2.45) is 17.8 Å². The number of carbonyl (C=O) groups is 1. The summed E-state index contributed by atoms with van der Waals surface area (Å²) in [6, 6.07) is 2.26. The van der Waals surface area contributed by atoms with Gasteiger partial charge in [0.15, 0.2) is 0 Å². The van der Waals surface area contributed by atoms with E-state index in [0.29, 0.717) is 11.5 Å². The number of aryl methyl sites for hydroxylation is 1. The van der Waals surface area contributed by atoms with Crippen LogP contribution in [0, 0.1) is 36.0 Å². The Bertz CT molecular complexity index is 584. The summed E-state index contributed by atoms with van der Waals surface area (Å²) < 4.78 is 0. The van der Waals surface area contributed by atoms with Gasteiger partial charge in [-0.3, -0.25) is 4.79 Å². The molecule has 3 nitrogen and oxygen atoms in total. The molecular formula is C16H20N2OS. The Labute approximate surface area is 124 Å². The van der Waals surface area contributed by atoms with Gasteiger partial charge >= 0.3 is 0 Å². The highest BCUT2D eigenvalue weighted by Crippen LogP contribution is 2.48. The fourth-order valence-corrected chi connectivity index (χ4v) is 5.08. The second-order valence-corrected chi connectivity index (χ2v) is 7.30. The van der Waals surface area contributed by atoms with Crippen molar-refractivity contribution in [3.8, 4) is 6.07 Å². The number of nitrogens with zero attached hydrogens (tertiary/aromatic N) is 1. The minimum Gasteiger partial charge on any atom is -0.316 e. The molecule has 3 rings (SSSR count). The first kappa shape index (κ1) is 13.6. The van der Waals surface area contributed by atoms with Crippen molar-refractivity contribution in [3.63, 3.8) is 0 Å². The van der Waals surface area contributed by atoms with E-state index in [2.05, 4.69) is 18.3 Å². The summed E-state index contributed by atoms with van der Waals surface area (Å²) in [7, 11) is 0. The van der Waals surface area contributed by atoms with Crippen LogP contribution >= 0.6 is 11.3 Å². The standard InChI is InChI=1S/C16H20N2OS/c1-3-12-9(2)20-16(14(12)8-17)18-15(19)13-7-10-4-5-11(13)6-10/h10-11,13H,3-7H2,1-2H3,(H,18,19)/t10-,11+,13+/m0/s1. The lowest BCUT2D eigenvalue weighted by Gasteiger charge is -2.20. The number of fused-ring (bicyclic) bond motifs is 2. The smallest absolute Gasteiger partial charge is 0.228 e. The van der Waals surface area contributed by atoms with Crippen LogP contribution in [-0.2, 0) is 11.2 Å². The lowest BCUT2D eigenvalue weighted by atomic mass is 9.88. The Morgan fingerprint density at radius 2 is 2.25 bits per heavy atom. The molecule has 106 valence electrons. The Kier molecular flexibility index (Phi) is 3.55. The molecule has 20 heavy (non-hydrogen) atoms. The number of amides is 1. The van der Waals surface area contributed by atoms with E-state index in [0.717, 1.165) is 34.2 Å². The number of anilines is 1. The lowest BCUT2D eigenvalue weighted by Crippen LogP contribution is -2.27. The van der Waals surface area contributed by atoms with E-state index in [1.807, 2.05) is 6.92 Å². The first-order chi connectivity index (χ1) is 9.63. The number of carbonyl (C=O) groups excluding carboxylic acids is 1. The molecule has 1 heterocycles. The van der Waals surface area contributed by atoms with E-state index in [9.17, 15) is 10.1 Å². The van der Waals surface area contributed by atoms with Crippen LogP contribution in [0.2, 0.25) is 0 Å². The van der Waals surface area contributed by atoms with Crippen LogP contribution in [0.1, 0.15) is 48.6 Å². The maximum Gasteiger partial charge on any atom is 0.228 e. The largest absolute Gasteiger partial charge is 0.316 e. The minimum atomic E-state index is 0.137. The fraction of sp³-hybridized carbons (Fsp3) is 0.625. The van der Waals surface area contributed by atoms with Gasteiger partial charge in [0.1, 0.15) is 11.1 Å². The molecular weight excluding hydrogens is 268 g/mol. The molecule has 2 bridgehead atoms. The van der Waals surface area contributed by atoms with Gasteiger partial charge in [0.05, 0.1) is 5.56 Å². The molecule has 0 aromatic carbocycles. The predicted molar refractivity (Wildman–Crippen MR) is 80.7 cm³/mol. The number of rotatable bonds is 3. The molecule has 1 aromatic rings. The van der Waals surface area contributed by atoms with Gasteiger partial charge in [0.25, 0.3) is 0 Å². The zero-order chi connectivity index (χ0) is 14.3. The van der Waals surface area contributed by atoms with Gasteiger partial charge in [-0.05, 0) is 50.0 Å². The SMILES string of the molecule is CCc1c(C)sc(NC(=O)[C@@H]2C[C@H]3CC[C@@H]2C3)c1C#N. The molecule has 4 heteroatoms. The summed E-state index contributed by atoms with van der Waals surface area (Å²) in [5.74, 6) is 1.66. The Hall–Kier alpha value is -1.34. The molecule has 2 fully saturated rings. The van der Waals surface area contributed by atoms with Crippen LogP contribution < -0.4 is 5.32 Å². The van der Waals surface area contributed by atoms with Crippen LogP contribution in [0.4, 0.5) is 5.00 Å². The topological polar surface area (TPSA) is 52.9 Å². The summed E-state index contributed by atoms with van der Waals surface area (Å²) in [6.07, 6.45) is 5.62. The van der Waals surface area contributed by atoms with Crippen LogP contribution in [0.25, 0.3) is 0 Å². The molecule has 2 aliphatic rings. The first-order valence-corrected chi connectivity index (χ1v) is 8.28. The Morgan fingerprint density at radius 3 is 2.80 bits per heavy atom. The number of nitriles is 1. The van der Waals surface area contributed by atoms with E-state index >= 15 is 0 Å². The minimum absolute atomic E-state index is 0.137. The maximum absolute atomic E-state index is 12.5. The quantitative estimate of drug-likeness (QED) is 0.918. The summed E-state index contributed by atoms with van der Waals surface area (Å²) >= 11 is 1.54. The Morgan fingerprint density at radius 1 is 1.45 bits per heavy atom. The van der Waals surface area contributed by atoms with E-state index in [-0.39, 0.29) is 11.8 Å². The highest BCUT2D eigenvalue weighted by Gasteiger charge is 2.43. The number of nitrogens with one attached hydrogen (secondary N) is 1. The molecule has 0 unspecified atom stereocenters. The van der Waals surface area contributed by atoms with Crippen molar-refractivity contribution < 1.29 is 4.79 Å². The van der Waals surface area contributed by atoms with Gasteiger partial charge < -0.3 is 5.32 Å². The van der Waals surface area contributed by atoms with E-state index in [1.165, 1.54) is 19.3 Å². The number of hydrogen-bond acceptors (Lipinski definition) is 3. The molecule has 0 aliphatic heterocycles. The third-order valence-corrected chi connectivity index (χ3v) is 6.05. The maximum atomic E-state index is 12.5. The van der Waals surface area contributed by atoms with Gasteiger partial charge in [0, 0.05) is 10.8 Å². The molecule has 0 spiro atoms. The van der Waals surface area contributed by atoms with Crippen LogP contribution in [0.3, 0.4) is 0 Å². The summed E-state index contributed by atoms with van der Waals surface area (Å²) in [4.78, 5) is 13.6. The van der Waals surface area contributed by atoms with Crippen LogP contribution in [-0.4, -0.2) is 5.91 Å². The monoisotopic (exact) mass is 288 g/mol. The van der Waals surface area contributed by atoms with E-state index in [4.69, 9.17) is 0 Å². The van der Waals surface area contributed by atoms with Gasteiger partial charge in [-0.25, -0.2) is 0 Å². The molecule has 0 radical (unpaired) electrons. The molecule has 3 atom stereocenters. The van der Waals surface area contributed by atoms with E-state index < -0.39 is 0 Å². The zero-order valence-electron chi connectivity index (χ0n) is 12.0. The molecule has 1 aromatic heterocycles. The van der Waals surface area contributed by atoms with Gasteiger partial charge in [-0.15, -0.1) is 11.3 Å².